The van der Waals surface area contributed by atoms with Crippen molar-refractivity contribution in [1.29, 1.82) is 0 Å². The Bertz CT molecular complexity index is 404. The molecular formula is C10H20N2O6S. The van der Waals surface area contributed by atoms with E-state index in [0.717, 1.165) is 6.26 Å². The molecule has 1 amide bonds. The second kappa shape index (κ2) is 8.08. The molecule has 19 heavy (non-hydrogen) atoms. The lowest BCUT2D eigenvalue weighted by molar-refractivity contribution is -0.142. The minimum atomic E-state index is -3.28. The summed E-state index contributed by atoms with van der Waals surface area (Å²) in [7, 11) is -1.89. The first kappa shape index (κ1) is 17.8. The molecule has 0 spiro atoms. The van der Waals surface area contributed by atoms with Crippen molar-refractivity contribution in [2.45, 2.75) is 25.0 Å². The van der Waals surface area contributed by atoms with Crippen molar-refractivity contribution in [2.24, 2.45) is 5.73 Å². The Morgan fingerprint density at radius 3 is 2.37 bits per heavy atom. The van der Waals surface area contributed by atoms with Crippen molar-refractivity contribution in [2.75, 3.05) is 25.7 Å². The summed E-state index contributed by atoms with van der Waals surface area (Å²) in [4.78, 5) is 22.5. The van der Waals surface area contributed by atoms with E-state index in [2.05, 4.69) is 5.32 Å². The number of amides is 1. The van der Waals surface area contributed by atoms with E-state index in [1.54, 1.807) is 0 Å². The number of nitrogens with two attached hydrogens (primary N) is 1. The molecule has 0 saturated carbocycles. The molecule has 0 bridgehead atoms. The van der Waals surface area contributed by atoms with Gasteiger partial charge < -0.3 is 20.9 Å². The lowest BCUT2D eigenvalue weighted by atomic mass is 10.2. The molecule has 112 valence electrons. The summed E-state index contributed by atoms with van der Waals surface area (Å²) in [6.07, 6.45) is 0.253. The smallest absolute Gasteiger partial charge is 0.326 e. The first-order valence-electron chi connectivity index (χ1n) is 5.62. The molecule has 0 aliphatic rings. The van der Waals surface area contributed by atoms with E-state index in [0.29, 0.717) is 0 Å². The molecule has 4 N–H and O–H groups in total. The quantitative estimate of drug-likeness (QED) is 0.464. The van der Waals surface area contributed by atoms with Crippen LogP contribution in [0.2, 0.25) is 0 Å². The SMILES string of the molecule is COC(CN)CC(=O)NC(CCS(C)(=O)=O)C(=O)O. The van der Waals surface area contributed by atoms with Gasteiger partial charge in [0.15, 0.2) is 0 Å². The summed E-state index contributed by atoms with van der Waals surface area (Å²) in [5.74, 6) is -2.13. The van der Waals surface area contributed by atoms with Crippen LogP contribution < -0.4 is 11.1 Å². The molecule has 2 unspecified atom stereocenters. The highest BCUT2D eigenvalue weighted by molar-refractivity contribution is 7.90. The zero-order chi connectivity index (χ0) is 15.1. The molecule has 0 fully saturated rings. The standard InChI is InChI=1S/C10H20N2O6S/c1-18-7(6-11)5-9(13)12-8(10(14)15)3-4-19(2,16)17/h7-8H,3-6,11H2,1-2H3,(H,12,13)(H,14,15). The Balaban J connectivity index is 4.42. The number of carboxylic acid groups (broad SMARTS) is 1. The fourth-order valence-electron chi connectivity index (χ4n) is 1.31. The number of hydrogen-bond acceptors (Lipinski definition) is 6. The molecule has 2 atom stereocenters. The third kappa shape index (κ3) is 8.51. The van der Waals surface area contributed by atoms with Gasteiger partial charge in [-0.1, -0.05) is 0 Å². The van der Waals surface area contributed by atoms with Gasteiger partial charge in [-0.2, -0.15) is 0 Å². The van der Waals surface area contributed by atoms with Crippen molar-refractivity contribution < 1.29 is 27.9 Å². The minimum absolute atomic E-state index is 0.0738. The number of nitrogens with one attached hydrogen (secondary N) is 1. The van der Waals surface area contributed by atoms with Crippen molar-refractivity contribution in [3.05, 3.63) is 0 Å². The minimum Gasteiger partial charge on any atom is -0.480 e. The lowest BCUT2D eigenvalue weighted by Gasteiger charge is -2.16. The first-order valence-corrected chi connectivity index (χ1v) is 7.68. The lowest BCUT2D eigenvalue weighted by Crippen LogP contribution is -2.43. The van der Waals surface area contributed by atoms with Crippen LogP contribution in [0.1, 0.15) is 12.8 Å². The van der Waals surface area contributed by atoms with Gasteiger partial charge in [0, 0.05) is 19.9 Å². The van der Waals surface area contributed by atoms with Gasteiger partial charge in [0.1, 0.15) is 15.9 Å². The molecule has 0 aliphatic carbocycles. The van der Waals surface area contributed by atoms with Crippen molar-refractivity contribution in [3.8, 4) is 0 Å². The topological polar surface area (TPSA) is 136 Å². The largest absolute Gasteiger partial charge is 0.480 e. The maximum absolute atomic E-state index is 11.6. The number of carboxylic acids is 1. The van der Waals surface area contributed by atoms with E-state index in [1.165, 1.54) is 7.11 Å². The molecule has 0 saturated heterocycles. The number of rotatable bonds is 9. The van der Waals surface area contributed by atoms with Gasteiger partial charge in [-0.05, 0) is 6.42 Å². The molecule has 0 aromatic carbocycles. The van der Waals surface area contributed by atoms with Crippen molar-refractivity contribution in [1.82, 2.24) is 5.32 Å². The fraction of sp³-hybridized carbons (Fsp3) is 0.800. The van der Waals surface area contributed by atoms with Crippen LogP contribution in [-0.2, 0) is 24.2 Å². The average molecular weight is 296 g/mol. The van der Waals surface area contributed by atoms with E-state index >= 15 is 0 Å². The number of carbonyl (C=O) groups is 2. The molecule has 0 rings (SSSR count). The monoisotopic (exact) mass is 296 g/mol. The van der Waals surface area contributed by atoms with E-state index in [-0.39, 0.29) is 25.1 Å². The number of sulfone groups is 1. The van der Waals surface area contributed by atoms with Crippen LogP contribution in [0.4, 0.5) is 0 Å². The number of hydrogen-bond donors (Lipinski definition) is 3. The molecule has 0 aromatic rings. The van der Waals surface area contributed by atoms with Gasteiger partial charge in [0.05, 0.1) is 18.3 Å². The molecule has 0 heterocycles. The normalized spacial score (nSPS) is 14.7. The van der Waals surface area contributed by atoms with Crippen LogP contribution >= 0.6 is 0 Å². The molecule has 8 nitrogen and oxygen atoms in total. The Hall–Kier alpha value is -1.19. The van der Waals surface area contributed by atoms with Gasteiger partial charge in [0.25, 0.3) is 0 Å². The number of carbonyl (C=O) groups excluding carboxylic acids is 1. The summed E-state index contributed by atoms with van der Waals surface area (Å²) in [5.41, 5.74) is 5.34. The van der Waals surface area contributed by atoms with Crippen LogP contribution in [-0.4, -0.2) is 63.2 Å². The third-order valence-corrected chi connectivity index (χ3v) is 3.40. The Morgan fingerprint density at radius 2 is 2.00 bits per heavy atom. The van der Waals surface area contributed by atoms with Gasteiger partial charge in [0.2, 0.25) is 5.91 Å². The van der Waals surface area contributed by atoms with Crippen molar-refractivity contribution in [3.63, 3.8) is 0 Å². The van der Waals surface area contributed by atoms with Gasteiger partial charge >= 0.3 is 5.97 Å². The summed E-state index contributed by atoms with van der Waals surface area (Å²) < 4.78 is 26.8. The Kier molecular flexibility index (Phi) is 7.57. The first-order chi connectivity index (χ1) is 8.69. The van der Waals surface area contributed by atoms with Crippen LogP contribution in [0.5, 0.6) is 0 Å². The van der Waals surface area contributed by atoms with Gasteiger partial charge in [-0.15, -0.1) is 0 Å². The Labute approximate surface area is 112 Å². The predicted molar refractivity (Wildman–Crippen MR) is 68.4 cm³/mol. The molecule has 0 aromatic heterocycles. The van der Waals surface area contributed by atoms with E-state index < -0.39 is 33.9 Å². The van der Waals surface area contributed by atoms with Crippen LogP contribution in [0.25, 0.3) is 0 Å². The summed E-state index contributed by atoms with van der Waals surface area (Å²) in [5, 5.41) is 11.2. The van der Waals surface area contributed by atoms with E-state index in [1.807, 2.05) is 0 Å². The predicted octanol–water partition coefficient (Wildman–Crippen LogP) is -1.65. The summed E-state index contributed by atoms with van der Waals surface area (Å²) in [6, 6.07) is -1.24. The van der Waals surface area contributed by atoms with Crippen LogP contribution in [0.3, 0.4) is 0 Å². The molecule has 0 radical (unpaired) electrons. The number of aliphatic carboxylic acids is 1. The molecular weight excluding hydrogens is 276 g/mol. The van der Waals surface area contributed by atoms with Crippen molar-refractivity contribution >= 4 is 21.7 Å². The maximum Gasteiger partial charge on any atom is 0.326 e. The highest BCUT2D eigenvalue weighted by Crippen LogP contribution is 2.00. The van der Waals surface area contributed by atoms with Gasteiger partial charge in [-0.3, -0.25) is 4.79 Å². The van der Waals surface area contributed by atoms with Gasteiger partial charge in [-0.25, -0.2) is 13.2 Å². The number of ether oxygens (including phenoxy) is 1. The molecule has 9 heteroatoms. The van der Waals surface area contributed by atoms with E-state index in [4.69, 9.17) is 15.6 Å². The zero-order valence-electron chi connectivity index (χ0n) is 11.0. The summed E-state index contributed by atoms with van der Waals surface area (Å²) >= 11 is 0. The maximum atomic E-state index is 11.6. The summed E-state index contributed by atoms with van der Waals surface area (Å²) in [6.45, 7) is 0.130. The van der Waals surface area contributed by atoms with E-state index in [9.17, 15) is 18.0 Å². The zero-order valence-corrected chi connectivity index (χ0v) is 11.8. The molecule has 0 aliphatic heterocycles. The fourth-order valence-corrected chi connectivity index (χ4v) is 1.98. The second-order valence-corrected chi connectivity index (χ2v) is 6.43. The third-order valence-electron chi connectivity index (χ3n) is 2.42. The highest BCUT2D eigenvalue weighted by Gasteiger charge is 2.22. The second-order valence-electron chi connectivity index (χ2n) is 4.17. The average Bonchev–Trinajstić information content (AvgIpc) is 2.29. The van der Waals surface area contributed by atoms with Crippen LogP contribution in [0.15, 0.2) is 0 Å². The Morgan fingerprint density at radius 1 is 1.42 bits per heavy atom. The van der Waals surface area contributed by atoms with Crippen LogP contribution in [0, 0.1) is 0 Å². The number of methoxy groups -OCH3 is 1. The highest BCUT2D eigenvalue weighted by atomic mass is 32.2.